The second-order valence-electron chi connectivity index (χ2n) is 5.31. The van der Waals surface area contributed by atoms with Crippen molar-refractivity contribution in [2.24, 2.45) is 5.92 Å². The average Bonchev–Trinajstić information content (AvgIpc) is 2.32. The molecule has 2 heteroatoms. The van der Waals surface area contributed by atoms with E-state index in [9.17, 15) is 0 Å². The number of hydrogen-bond acceptors (Lipinski definition) is 1. The Kier molecular flexibility index (Phi) is 6.73. The van der Waals surface area contributed by atoms with Gasteiger partial charge in [0.25, 0.3) is 0 Å². The zero-order valence-electron chi connectivity index (χ0n) is 12.1. The second-order valence-corrected chi connectivity index (χ2v) is 5.72. The zero-order valence-corrected chi connectivity index (χ0v) is 12.9. The van der Waals surface area contributed by atoms with E-state index in [0.717, 1.165) is 30.5 Å². The molecule has 0 aromatic heterocycles. The normalized spacial score (nSPS) is 12.7. The molecule has 1 N–H and O–H groups in total. The molecule has 0 amide bonds. The fourth-order valence-corrected chi connectivity index (χ4v) is 2.40. The molecule has 0 radical (unpaired) electrons. The molecule has 1 aromatic carbocycles. The lowest BCUT2D eigenvalue weighted by Gasteiger charge is -2.13. The molecule has 0 fully saturated rings. The van der Waals surface area contributed by atoms with E-state index in [0.29, 0.717) is 0 Å². The number of halogens is 1. The standard InChI is InChI=1S/C16H26ClN/c1-5-18-9-8-12(2)6-7-15-10-14(4)16(17)11-13(15)3/h10-12,18H,5-9H2,1-4H3. The van der Waals surface area contributed by atoms with Gasteiger partial charge in [0.05, 0.1) is 0 Å². The molecule has 0 aliphatic rings. The number of benzene rings is 1. The quantitative estimate of drug-likeness (QED) is 0.716. The summed E-state index contributed by atoms with van der Waals surface area (Å²) in [7, 11) is 0. The molecule has 0 bridgehead atoms. The topological polar surface area (TPSA) is 12.0 Å². The van der Waals surface area contributed by atoms with Crippen molar-refractivity contribution in [1.82, 2.24) is 5.32 Å². The van der Waals surface area contributed by atoms with Gasteiger partial charge in [-0.15, -0.1) is 0 Å². The Morgan fingerprint density at radius 2 is 1.89 bits per heavy atom. The first-order chi connectivity index (χ1) is 8.54. The zero-order chi connectivity index (χ0) is 13.5. The molecular weight excluding hydrogens is 242 g/mol. The summed E-state index contributed by atoms with van der Waals surface area (Å²) in [6.07, 6.45) is 3.68. The van der Waals surface area contributed by atoms with Crippen LogP contribution in [0.25, 0.3) is 0 Å². The predicted molar refractivity (Wildman–Crippen MR) is 81.6 cm³/mol. The highest BCUT2D eigenvalue weighted by Gasteiger charge is 2.06. The van der Waals surface area contributed by atoms with E-state index in [1.165, 1.54) is 29.5 Å². The Balaban J connectivity index is 2.45. The molecule has 1 aromatic rings. The summed E-state index contributed by atoms with van der Waals surface area (Å²) in [6.45, 7) is 10.9. The van der Waals surface area contributed by atoms with Gasteiger partial charge in [-0.25, -0.2) is 0 Å². The second kappa shape index (κ2) is 7.81. The number of hydrogen-bond donors (Lipinski definition) is 1. The van der Waals surface area contributed by atoms with Crippen molar-refractivity contribution >= 4 is 11.6 Å². The maximum absolute atomic E-state index is 6.12. The van der Waals surface area contributed by atoms with Crippen molar-refractivity contribution in [2.75, 3.05) is 13.1 Å². The highest BCUT2D eigenvalue weighted by molar-refractivity contribution is 6.31. The van der Waals surface area contributed by atoms with Crippen LogP contribution in [0.1, 0.15) is 43.4 Å². The Morgan fingerprint density at radius 1 is 1.17 bits per heavy atom. The van der Waals surface area contributed by atoms with Crippen LogP contribution < -0.4 is 5.32 Å². The maximum atomic E-state index is 6.12. The van der Waals surface area contributed by atoms with E-state index < -0.39 is 0 Å². The van der Waals surface area contributed by atoms with Gasteiger partial charge in [0.1, 0.15) is 0 Å². The molecule has 1 rings (SSSR count). The first kappa shape index (κ1) is 15.5. The van der Waals surface area contributed by atoms with Crippen molar-refractivity contribution in [3.8, 4) is 0 Å². The average molecular weight is 268 g/mol. The van der Waals surface area contributed by atoms with Gasteiger partial charge >= 0.3 is 0 Å². The molecule has 0 spiro atoms. The van der Waals surface area contributed by atoms with Crippen molar-refractivity contribution in [2.45, 2.75) is 47.0 Å². The smallest absolute Gasteiger partial charge is 0.0438 e. The summed E-state index contributed by atoms with van der Waals surface area (Å²) in [5.41, 5.74) is 3.97. The third-order valence-corrected chi connectivity index (χ3v) is 3.99. The third kappa shape index (κ3) is 4.99. The van der Waals surface area contributed by atoms with Gasteiger partial charge in [-0.2, -0.15) is 0 Å². The molecule has 0 saturated heterocycles. The highest BCUT2D eigenvalue weighted by atomic mass is 35.5. The van der Waals surface area contributed by atoms with Crippen LogP contribution in [-0.2, 0) is 6.42 Å². The molecular formula is C16H26ClN. The van der Waals surface area contributed by atoms with Crippen LogP contribution in [0.5, 0.6) is 0 Å². The van der Waals surface area contributed by atoms with Crippen LogP contribution in [0.2, 0.25) is 5.02 Å². The molecule has 0 aliphatic heterocycles. The SMILES string of the molecule is CCNCCC(C)CCc1cc(C)c(Cl)cc1C. The van der Waals surface area contributed by atoms with Gasteiger partial charge in [0.2, 0.25) is 0 Å². The van der Waals surface area contributed by atoms with Crippen molar-refractivity contribution < 1.29 is 0 Å². The number of rotatable bonds is 7. The van der Waals surface area contributed by atoms with Gasteiger partial charge in [0, 0.05) is 5.02 Å². The Morgan fingerprint density at radius 3 is 2.56 bits per heavy atom. The van der Waals surface area contributed by atoms with Crippen LogP contribution in [0, 0.1) is 19.8 Å². The molecule has 0 heterocycles. The fraction of sp³-hybridized carbons (Fsp3) is 0.625. The van der Waals surface area contributed by atoms with Gasteiger partial charge < -0.3 is 5.32 Å². The highest BCUT2D eigenvalue weighted by Crippen LogP contribution is 2.22. The van der Waals surface area contributed by atoms with Gasteiger partial charge in [-0.1, -0.05) is 31.5 Å². The molecule has 18 heavy (non-hydrogen) atoms. The largest absolute Gasteiger partial charge is 0.317 e. The monoisotopic (exact) mass is 267 g/mol. The minimum atomic E-state index is 0.777. The van der Waals surface area contributed by atoms with Gasteiger partial charge in [0.15, 0.2) is 0 Å². The fourth-order valence-electron chi connectivity index (χ4n) is 2.18. The van der Waals surface area contributed by atoms with Crippen LogP contribution in [-0.4, -0.2) is 13.1 Å². The first-order valence-electron chi connectivity index (χ1n) is 7.01. The molecule has 1 atom stereocenters. The molecule has 0 aliphatic carbocycles. The van der Waals surface area contributed by atoms with Crippen molar-refractivity contribution in [3.05, 3.63) is 33.8 Å². The first-order valence-corrected chi connectivity index (χ1v) is 7.38. The number of aryl methyl sites for hydroxylation is 3. The summed E-state index contributed by atoms with van der Waals surface area (Å²) in [5, 5.41) is 4.27. The van der Waals surface area contributed by atoms with E-state index in [1.807, 2.05) is 0 Å². The molecule has 0 saturated carbocycles. The summed E-state index contributed by atoms with van der Waals surface area (Å²) >= 11 is 6.12. The lowest BCUT2D eigenvalue weighted by atomic mass is 9.95. The van der Waals surface area contributed by atoms with E-state index in [4.69, 9.17) is 11.6 Å². The van der Waals surface area contributed by atoms with Gasteiger partial charge in [-0.05, 0) is 74.9 Å². The van der Waals surface area contributed by atoms with Gasteiger partial charge in [-0.3, -0.25) is 0 Å². The van der Waals surface area contributed by atoms with Crippen molar-refractivity contribution in [1.29, 1.82) is 0 Å². The molecule has 1 unspecified atom stereocenters. The molecule has 102 valence electrons. The van der Waals surface area contributed by atoms with Crippen LogP contribution in [0.15, 0.2) is 12.1 Å². The van der Waals surface area contributed by atoms with E-state index in [2.05, 4.69) is 45.1 Å². The van der Waals surface area contributed by atoms with Crippen molar-refractivity contribution in [3.63, 3.8) is 0 Å². The van der Waals surface area contributed by atoms with Crippen LogP contribution in [0.3, 0.4) is 0 Å². The Hall–Kier alpha value is -0.530. The summed E-state index contributed by atoms with van der Waals surface area (Å²) in [4.78, 5) is 0. The third-order valence-electron chi connectivity index (χ3n) is 3.59. The van der Waals surface area contributed by atoms with E-state index >= 15 is 0 Å². The summed E-state index contributed by atoms with van der Waals surface area (Å²) in [5.74, 6) is 0.777. The van der Waals surface area contributed by atoms with E-state index in [1.54, 1.807) is 0 Å². The maximum Gasteiger partial charge on any atom is 0.0438 e. The van der Waals surface area contributed by atoms with Crippen LogP contribution >= 0.6 is 11.6 Å². The minimum Gasteiger partial charge on any atom is -0.317 e. The Labute approximate surface area is 117 Å². The molecule has 1 nitrogen and oxygen atoms in total. The lowest BCUT2D eigenvalue weighted by Crippen LogP contribution is -2.16. The summed E-state index contributed by atoms with van der Waals surface area (Å²) < 4.78 is 0. The Bertz CT molecular complexity index is 374. The lowest BCUT2D eigenvalue weighted by molar-refractivity contribution is 0.474. The predicted octanol–water partition coefficient (Wildman–Crippen LogP) is 4.53. The minimum absolute atomic E-state index is 0.777. The summed E-state index contributed by atoms with van der Waals surface area (Å²) in [6, 6.07) is 4.34. The number of nitrogens with one attached hydrogen (secondary N) is 1. The van der Waals surface area contributed by atoms with E-state index in [-0.39, 0.29) is 0 Å². The van der Waals surface area contributed by atoms with Crippen LogP contribution in [0.4, 0.5) is 0 Å².